The van der Waals surface area contributed by atoms with Gasteiger partial charge in [-0.3, -0.25) is 14.4 Å². The Balaban J connectivity index is 1.40. The summed E-state index contributed by atoms with van der Waals surface area (Å²) in [4.78, 5) is 39.8. The van der Waals surface area contributed by atoms with Crippen LogP contribution < -0.4 is 5.32 Å². The fraction of sp³-hybridized carbons (Fsp3) is 0.471. The van der Waals surface area contributed by atoms with Crippen molar-refractivity contribution in [3.63, 3.8) is 0 Å². The predicted octanol–water partition coefficient (Wildman–Crippen LogP) is 1.40. The predicted molar refractivity (Wildman–Crippen MR) is 98.3 cm³/mol. The van der Waals surface area contributed by atoms with Crippen molar-refractivity contribution >= 4 is 34.2 Å². The molecule has 0 saturated carbocycles. The molecule has 2 aromatic heterocycles. The first kappa shape index (κ1) is 19.0. The lowest BCUT2D eigenvalue weighted by Crippen LogP contribution is -2.50. The fourth-order valence-corrected chi connectivity index (χ4v) is 3.42. The highest BCUT2D eigenvalue weighted by molar-refractivity contribution is 7.15. The molecule has 0 bridgehead atoms. The van der Waals surface area contributed by atoms with Gasteiger partial charge < -0.3 is 19.5 Å². The Morgan fingerprint density at radius 3 is 2.52 bits per heavy atom. The molecule has 9 nitrogen and oxygen atoms in total. The lowest BCUT2D eigenvalue weighted by atomic mass is 10.2. The molecule has 144 valence electrons. The minimum absolute atomic E-state index is 0.0887. The zero-order chi connectivity index (χ0) is 19.2. The largest absolute Gasteiger partial charge is 0.459 e. The number of nitrogens with one attached hydrogen (secondary N) is 1. The number of carbonyl (C=O) groups is 3. The van der Waals surface area contributed by atoms with E-state index in [1.807, 2.05) is 6.92 Å². The van der Waals surface area contributed by atoms with E-state index in [2.05, 4.69) is 15.5 Å². The SMILES string of the molecule is CCc1nnc(NC(=O)CCC(=O)N2CCN(C(=O)c3ccco3)CC2)s1. The van der Waals surface area contributed by atoms with Crippen molar-refractivity contribution < 1.29 is 18.8 Å². The molecule has 0 aliphatic carbocycles. The lowest BCUT2D eigenvalue weighted by Gasteiger charge is -2.34. The molecule has 0 radical (unpaired) electrons. The molecule has 1 N–H and O–H groups in total. The Morgan fingerprint density at radius 1 is 1.15 bits per heavy atom. The van der Waals surface area contributed by atoms with Crippen LogP contribution in [0, 0.1) is 0 Å². The molecule has 1 fully saturated rings. The highest BCUT2D eigenvalue weighted by Crippen LogP contribution is 2.16. The molecule has 1 aliphatic heterocycles. The number of furan rings is 1. The summed E-state index contributed by atoms with van der Waals surface area (Å²) in [7, 11) is 0. The quantitative estimate of drug-likeness (QED) is 0.797. The van der Waals surface area contributed by atoms with Crippen molar-refractivity contribution in [3.05, 3.63) is 29.2 Å². The number of aromatic nitrogens is 2. The minimum Gasteiger partial charge on any atom is -0.459 e. The Kier molecular flexibility index (Phi) is 6.17. The Morgan fingerprint density at radius 2 is 1.89 bits per heavy atom. The minimum atomic E-state index is -0.256. The van der Waals surface area contributed by atoms with Gasteiger partial charge in [-0.15, -0.1) is 10.2 Å². The van der Waals surface area contributed by atoms with Crippen LogP contribution >= 0.6 is 11.3 Å². The number of anilines is 1. The van der Waals surface area contributed by atoms with Gasteiger partial charge in [-0.2, -0.15) is 0 Å². The first-order valence-electron chi connectivity index (χ1n) is 8.79. The summed E-state index contributed by atoms with van der Waals surface area (Å²) in [6, 6.07) is 3.29. The van der Waals surface area contributed by atoms with Crippen LogP contribution in [-0.2, 0) is 16.0 Å². The standard InChI is InChI=1S/C17H21N5O4S/c1-2-14-19-20-17(27-14)18-13(23)5-6-15(24)21-7-9-22(10-8-21)16(25)12-4-3-11-26-12/h3-4,11H,2,5-10H2,1H3,(H,18,20,23). The zero-order valence-corrected chi connectivity index (χ0v) is 15.8. The first-order chi connectivity index (χ1) is 13.1. The van der Waals surface area contributed by atoms with Gasteiger partial charge in [0.05, 0.1) is 6.26 Å². The van der Waals surface area contributed by atoms with Crippen LogP contribution in [0.15, 0.2) is 22.8 Å². The van der Waals surface area contributed by atoms with E-state index in [9.17, 15) is 14.4 Å². The van der Waals surface area contributed by atoms with Crippen molar-refractivity contribution in [2.75, 3.05) is 31.5 Å². The summed E-state index contributed by atoms with van der Waals surface area (Å²) in [5, 5.41) is 11.8. The maximum atomic E-state index is 12.3. The van der Waals surface area contributed by atoms with Gasteiger partial charge in [0.15, 0.2) is 5.76 Å². The van der Waals surface area contributed by atoms with Crippen molar-refractivity contribution in [1.82, 2.24) is 20.0 Å². The van der Waals surface area contributed by atoms with Crippen molar-refractivity contribution in [2.24, 2.45) is 0 Å². The third-order valence-corrected chi connectivity index (χ3v) is 5.22. The van der Waals surface area contributed by atoms with E-state index >= 15 is 0 Å². The van der Waals surface area contributed by atoms with E-state index in [1.165, 1.54) is 17.6 Å². The zero-order valence-electron chi connectivity index (χ0n) is 15.0. The third kappa shape index (κ3) is 4.91. The van der Waals surface area contributed by atoms with Crippen LogP contribution in [0.5, 0.6) is 0 Å². The highest BCUT2D eigenvalue weighted by atomic mass is 32.1. The molecule has 1 saturated heterocycles. The van der Waals surface area contributed by atoms with Crippen LogP contribution in [0.1, 0.15) is 35.3 Å². The van der Waals surface area contributed by atoms with Crippen molar-refractivity contribution in [2.45, 2.75) is 26.2 Å². The second-order valence-electron chi connectivity index (χ2n) is 6.05. The highest BCUT2D eigenvalue weighted by Gasteiger charge is 2.26. The summed E-state index contributed by atoms with van der Waals surface area (Å²) in [6.07, 6.45) is 2.44. The average Bonchev–Trinajstić information content (AvgIpc) is 3.37. The Labute approximate surface area is 160 Å². The van der Waals surface area contributed by atoms with Crippen LogP contribution in [0.4, 0.5) is 5.13 Å². The van der Waals surface area contributed by atoms with Gasteiger partial charge in [-0.25, -0.2) is 0 Å². The number of hydrogen-bond donors (Lipinski definition) is 1. The van der Waals surface area contributed by atoms with Crippen LogP contribution in [-0.4, -0.2) is 63.9 Å². The van der Waals surface area contributed by atoms with E-state index in [4.69, 9.17) is 4.42 Å². The maximum Gasteiger partial charge on any atom is 0.289 e. The molecule has 3 rings (SSSR count). The second-order valence-corrected chi connectivity index (χ2v) is 7.12. The molecule has 2 aromatic rings. The van der Waals surface area contributed by atoms with Crippen LogP contribution in [0.25, 0.3) is 0 Å². The number of piperazine rings is 1. The molecule has 0 aromatic carbocycles. The number of hydrogen-bond acceptors (Lipinski definition) is 7. The van der Waals surface area contributed by atoms with Crippen LogP contribution in [0.3, 0.4) is 0 Å². The topological polar surface area (TPSA) is 109 Å². The number of amides is 3. The van der Waals surface area contributed by atoms with Gasteiger partial charge in [-0.05, 0) is 18.6 Å². The Hall–Kier alpha value is -2.75. The normalized spacial score (nSPS) is 14.3. The maximum absolute atomic E-state index is 12.3. The molecule has 1 aliphatic rings. The van der Waals surface area contributed by atoms with Gasteiger partial charge >= 0.3 is 0 Å². The van der Waals surface area contributed by atoms with Crippen molar-refractivity contribution in [3.8, 4) is 0 Å². The molecule has 27 heavy (non-hydrogen) atoms. The van der Waals surface area contributed by atoms with Crippen molar-refractivity contribution in [1.29, 1.82) is 0 Å². The van der Waals surface area contributed by atoms with Gasteiger partial charge in [0.1, 0.15) is 5.01 Å². The molecule has 0 atom stereocenters. The van der Waals surface area contributed by atoms with Gasteiger partial charge in [0.25, 0.3) is 5.91 Å². The summed E-state index contributed by atoms with van der Waals surface area (Å²) in [5.41, 5.74) is 0. The number of rotatable bonds is 6. The van der Waals surface area contributed by atoms with E-state index in [0.717, 1.165) is 11.4 Å². The first-order valence-corrected chi connectivity index (χ1v) is 9.61. The Bertz CT molecular complexity index is 796. The summed E-state index contributed by atoms with van der Waals surface area (Å²) >= 11 is 1.33. The molecule has 10 heteroatoms. The fourth-order valence-electron chi connectivity index (χ4n) is 2.72. The number of aryl methyl sites for hydroxylation is 1. The average molecular weight is 391 g/mol. The van der Waals surface area contributed by atoms with E-state index < -0.39 is 0 Å². The lowest BCUT2D eigenvalue weighted by molar-refractivity contribution is -0.134. The molecular weight excluding hydrogens is 370 g/mol. The van der Waals surface area contributed by atoms with E-state index in [-0.39, 0.29) is 30.6 Å². The molecule has 0 unspecified atom stereocenters. The number of nitrogens with zero attached hydrogens (tertiary/aromatic N) is 4. The van der Waals surface area contributed by atoms with Gasteiger partial charge in [0.2, 0.25) is 16.9 Å². The smallest absolute Gasteiger partial charge is 0.289 e. The van der Waals surface area contributed by atoms with Gasteiger partial charge in [-0.1, -0.05) is 18.3 Å². The van der Waals surface area contributed by atoms with E-state index in [1.54, 1.807) is 21.9 Å². The molecular formula is C17H21N5O4S. The summed E-state index contributed by atoms with van der Waals surface area (Å²) in [6.45, 7) is 3.75. The summed E-state index contributed by atoms with van der Waals surface area (Å²) in [5.74, 6) is -0.222. The van der Waals surface area contributed by atoms with Crippen LogP contribution in [0.2, 0.25) is 0 Å². The summed E-state index contributed by atoms with van der Waals surface area (Å²) < 4.78 is 5.12. The monoisotopic (exact) mass is 391 g/mol. The van der Waals surface area contributed by atoms with Gasteiger partial charge in [0, 0.05) is 39.0 Å². The number of carbonyl (C=O) groups excluding carboxylic acids is 3. The third-order valence-electron chi connectivity index (χ3n) is 4.23. The second kappa shape index (κ2) is 8.76. The molecule has 3 amide bonds. The molecule has 0 spiro atoms. The van der Waals surface area contributed by atoms with E-state index in [0.29, 0.717) is 37.1 Å². The molecule has 3 heterocycles.